The molecule has 0 bridgehead atoms. The first kappa shape index (κ1) is 19.5. The summed E-state index contributed by atoms with van der Waals surface area (Å²) in [5, 5.41) is 7.66. The summed E-state index contributed by atoms with van der Waals surface area (Å²) in [6.45, 7) is 3.40. The van der Waals surface area contributed by atoms with Gasteiger partial charge in [0.05, 0.1) is 18.7 Å². The number of nitrogens with zero attached hydrogens (tertiary/aromatic N) is 2. The summed E-state index contributed by atoms with van der Waals surface area (Å²) < 4.78 is 7.26. The van der Waals surface area contributed by atoms with Crippen LogP contribution in [0.15, 0.2) is 29.3 Å². The summed E-state index contributed by atoms with van der Waals surface area (Å²) in [5.74, 6) is 1.63. The fourth-order valence-corrected chi connectivity index (χ4v) is 2.99. The molecular formula is C18H24Cl2N4O. The Labute approximate surface area is 159 Å². The Balaban J connectivity index is 1.88. The van der Waals surface area contributed by atoms with E-state index in [1.165, 1.54) is 11.1 Å². The molecule has 0 amide bonds. The van der Waals surface area contributed by atoms with Crippen LogP contribution in [0.1, 0.15) is 16.8 Å². The zero-order chi connectivity index (χ0) is 18.4. The lowest BCUT2D eigenvalue weighted by atomic mass is 10.1. The molecule has 1 aromatic carbocycles. The lowest BCUT2D eigenvalue weighted by Gasteiger charge is -2.14. The number of benzene rings is 1. The van der Waals surface area contributed by atoms with Gasteiger partial charge in [0.15, 0.2) is 5.96 Å². The van der Waals surface area contributed by atoms with Gasteiger partial charge in [-0.1, -0.05) is 40.9 Å². The van der Waals surface area contributed by atoms with Crippen LogP contribution in [0.5, 0.6) is 5.75 Å². The van der Waals surface area contributed by atoms with Gasteiger partial charge in [-0.3, -0.25) is 4.99 Å². The first-order valence-electron chi connectivity index (χ1n) is 8.04. The van der Waals surface area contributed by atoms with Crippen molar-refractivity contribution in [2.75, 3.05) is 20.7 Å². The molecule has 0 aliphatic rings. The van der Waals surface area contributed by atoms with E-state index in [0.717, 1.165) is 30.4 Å². The van der Waals surface area contributed by atoms with Gasteiger partial charge in [0.1, 0.15) is 10.9 Å². The van der Waals surface area contributed by atoms with Gasteiger partial charge in [0, 0.05) is 26.3 Å². The molecule has 0 atom stereocenters. The highest BCUT2D eigenvalue weighted by Gasteiger charge is 2.09. The third-order valence-corrected chi connectivity index (χ3v) is 4.84. The molecular weight excluding hydrogens is 359 g/mol. The molecule has 2 aromatic rings. The normalized spacial score (nSPS) is 11.5. The molecule has 7 heteroatoms. The van der Waals surface area contributed by atoms with Crippen LogP contribution in [0.3, 0.4) is 0 Å². The smallest absolute Gasteiger partial charge is 0.191 e. The Morgan fingerprint density at radius 1 is 1.24 bits per heavy atom. The van der Waals surface area contributed by atoms with Crippen LogP contribution in [0, 0.1) is 6.92 Å². The average Bonchev–Trinajstić information content (AvgIpc) is 2.85. The van der Waals surface area contributed by atoms with Crippen molar-refractivity contribution in [3.63, 3.8) is 0 Å². The number of guanidine groups is 1. The monoisotopic (exact) mass is 382 g/mol. The second-order valence-corrected chi connectivity index (χ2v) is 6.52. The molecule has 136 valence electrons. The number of aliphatic imine (C=N–C) groups is 1. The van der Waals surface area contributed by atoms with Crippen molar-refractivity contribution in [3.8, 4) is 5.75 Å². The second kappa shape index (κ2) is 9.02. The maximum absolute atomic E-state index is 6.09. The summed E-state index contributed by atoms with van der Waals surface area (Å²) in [6.07, 6.45) is 0.841. The van der Waals surface area contributed by atoms with E-state index in [0.29, 0.717) is 16.7 Å². The van der Waals surface area contributed by atoms with Crippen LogP contribution in [0.2, 0.25) is 10.2 Å². The van der Waals surface area contributed by atoms with E-state index in [-0.39, 0.29) is 0 Å². The Bertz CT molecular complexity index is 756. The fourth-order valence-electron chi connectivity index (χ4n) is 2.57. The predicted octanol–water partition coefficient (Wildman–Crippen LogP) is 3.56. The SMILES string of the molecule is CN=C(NCCc1cc(C)ccc1OC)NCc1cc(Cl)c(Cl)n1C. The minimum atomic E-state index is 0.535. The summed E-state index contributed by atoms with van der Waals surface area (Å²) in [6, 6.07) is 8.04. The highest BCUT2D eigenvalue weighted by molar-refractivity contribution is 6.41. The predicted molar refractivity (Wildman–Crippen MR) is 105 cm³/mol. The Hall–Kier alpha value is -1.85. The number of hydrogen-bond acceptors (Lipinski definition) is 2. The Morgan fingerprint density at radius 2 is 2.00 bits per heavy atom. The first-order valence-corrected chi connectivity index (χ1v) is 8.79. The highest BCUT2D eigenvalue weighted by atomic mass is 35.5. The summed E-state index contributed by atoms with van der Waals surface area (Å²) >= 11 is 12.1. The number of nitrogens with one attached hydrogen (secondary N) is 2. The lowest BCUT2D eigenvalue weighted by molar-refractivity contribution is 0.409. The number of aromatic nitrogens is 1. The molecule has 0 unspecified atom stereocenters. The number of hydrogen-bond donors (Lipinski definition) is 2. The molecule has 0 spiro atoms. The van der Waals surface area contributed by atoms with E-state index in [4.69, 9.17) is 27.9 Å². The molecule has 2 N–H and O–H groups in total. The number of rotatable bonds is 6. The van der Waals surface area contributed by atoms with Crippen molar-refractivity contribution in [3.05, 3.63) is 51.3 Å². The van der Waals surface area contributed by atoms with Crippen molar-refractivity contribution < 1.29 is 4.74 Å². The van der Waals surface area contributed by atoms with Gasteiger partial charge in [-0.25, -0.2) is 0 Å². The van der Waals surface area contributed by atoms with Crippen LogP contribution in [0.4, 0.5) is 0 Å². The number of halogens is 2. The van der Waals surface area contributed by atoms with Crippen LogP contribution in [-0.4, -0.2) is 31.2 Å². The largest absolute Gasteiger partial charge is 0.496 e. The third kappa shape index (κ3) is 5.06. The van der Waals surface area contributed by atoms with Crippen molar-refractivity contribution in [1.29, 1.82) is 0 Å². The van der Waals surface area contributed by atoms with Gasteiger partial charge in [-0.05, 0) is 31.0 Å². The van der Waals surface area contributed by atoms with Crippen LogP contribution in [-0.2, 0) is 20.0 Å². The van der Waals surface area contributed by atoms with Crippen LogP contribution >= 0.6 is 23.2 Å². The number of ether oxygens (including phenoxy) is 1. The Morgan fingerprint density at radius 3 is 2.60 bits per heavy atom. The van der Waals surface area contributed by atoms with Gasteiger partial charge in [-0.15, -0.1) is 0 Å². The molecule has 1 heterocycles. The minimum Gasteiger partial charge on any atom is -0.496 e. The van der Waals surface area contributed by atoms with E-state index in [1.807, 2.05) is 29.8 Å². The molecule has 2 rings (SSSR count). The summed E-state index contributed by atoms with van der Waals surface area (Å²) in [7, 11) is 5.32. The maximum Gasteiger partial charge on any atom is 0.191 e. The average molecular weight is 383 g/mol. The fraction of sp³-hybridized carbons (Fsp3) is 0.389. The van der Waals surface area contributed by atoms with Crippen LogP contribution in [0.25, 0.3) is 0 Å². The van der Waals surface area contributed by atoms with Crippen molar-refractivity contribution in [2.24, 2.45) is 12.0 Å². The number of aryl methyl sites for hydroxylation is 1. The van der Waals surface area contributed by atoms with Gasteiger partial charge in [-0.2, -0.15) is 0 Å². The second-order valence-electron chi connectivity index (χ2n) is 5.75. The molecule has 25 heavy (non-hydrogen) atoms. The zero-order valence-corrected chi connectivity index (χ0v) is 16.5. The molecule has 5 nitrogen and oxygen atoms in total. The molecule has 0 radical (unpaired) electrons. The highest BCUT2D eigenvalue weighted by Crippen LogP contribution is 2.25. The van der Waals surface area contributed by atoms with Gasteiger partial charge >= 0.3 is 0 Å². The minimum absolute atomic E-state index is 0.535. The Kier molecular flexibility index (Phi) is 7.02. The first-order chi connectivity index (χ1) is 12.0. The molecule has 0 aliphatic carbocycles. The summed E-state index contributed by atoms with van der Waals surface area (Å²) in [4.78, 5) is 4.24. The lowest BCUT2D eigenvalue weighted by Crippen LogP contribution is -2.38. The van der Waals surface area contributed by atoms with E-state index >= 15 is 0 Å². The number of methoxy groups -OCH3 is 1. The van der Waals surface area contributed by atoms with E-state index < -0.39 is 0 Å². The van der Waals surface area contributed by atoms with Gasteiger partial charge in [0.25, 0.3) is 0 Å². The molecule has 0 saturated heterocycles. The standard InChI is InChI=1S/C18H24Cl2N4O/c1-12-5-6-16(25-4)13(9-12)7-8-22-18(21-2)23-11-14-10-15(19)17(20)24(14)3/h5-6,9-10H,7-8,11H2,1-4H3,(H2,21,22,23). The molecule has 1 aromatic heterocycles. The third-order valence-electron chi connectivity index (χ3n) is 4.00. The topological polar surface area (TPSA) is 50.6 Å². The molecule has 0 saturated carbocycles. The van der Waals surface area contributed by atoms with Crippen molar-refractivity contribution in [1.82, 2.24) is 15.2 Å². The van der Waals surface area contributed by atoms with E-state index in [1.54, 1.807) is 14.2 Å². The zero-order valence-electron chi connectivity index (χ0n) is 15.0. The van der Waals surface area contributed by atoms with E-state index in [9.17, 15) is 0 Å². The van der Waals surface area contributed by atoms with Gasteiger partial charge < -0.3 is 19.9 Å². The van der Waals surface area contributed by atoms with Gasteiger partial charge in [0.2, 0.25) is 0 Å². The molecule has 0 fully saturated rings. The van der Waals surface area contributed by atoms with Crippen molar-refractivity contribution in [2.45, 2.75) is 19.9 Å². The van der Waals surface area contributed by atoms with E-state index in [2.05, 4.69) is 28.6 Å². The van der Waals surface area contributed by atoms with Crippen molar-refractivity contribution >= 4 is 29.2 Å². The maximum atomic E-state index is 6.09. The quantitative estimate of drug-likeness (QED) is 0.593. The summed E-state index contributed by atoms with van der Waals surface area (Å²) in [5.41, 5.74) is 3.38. The van der Waals surface area contributed by atoms with Crippen LogP contribution < -0.4 is 15.4 Å². The molecule has 0 aliphatic heterocycles.